The molecule has 1 aromatic heterocycles. The van der Waals surface area contributed by atoms with Gasteiger partial charge >= 0.3 is 0 Å². The molecule has 0 bridgehead atoms. The molecule has 1 aromatic carbocycles. The number of hydrogen-bond acceptors (Lipinski definition) is 3. The van der Waals surface area contributed by atoms with Crippen molar-refractivity contribution in [2.75, 3.05) is 12.4 Å². The van der Waals surface area contributed by atoms with Gasteiger partial charge in [0.05, 0.1) is 12.2 Å². The summed E-state index contributed by atoms with van der Waals surface area (Å²) in [7, 11) is 3.66. The van der Waals surface area contributed by atoms with Crippen molar-refractivity contribution in [2.45, 2.75) is 32.4 Å². The molecule has 1 heterocycles. The Morgan fingerprint density at radius 1 is 1.26 bits per heavy atom. The fourth-order valence-electron chi connectivity index (χ4n) is 2.83. The van der Waals surface area contributed by atoms with E-state index < -0.39 is 0 Å². The van der Waals surface area contributed by atoms with Gasteiger partial charge in [-0.3, -0.25) is 14.5 Å². The van der Waals surface area contributed by atoms with Crippen molar-refractivity contribution in [3.8, 4) is 0 Å². The lowest BCUT2D eigenvalue weighted by molar-refractivity contribution is -0.122. The Kier molecular flexibility index (Phi) is 8.08. The molecule has 2 aromatic rings. The average Bonchev–Trinajstić information content (AvgIpc) is 2.99. The van der Waals surface area contributed by atoms with Crippen LogP contribution < -0.4 is 16.0 Å². The second kappa shape index (κ2) is 10.3. The molecule has 0 aliphatic heterocycles. The number of benzene rings is 1. The Morgan fingerprint density at radius 2 is 2.04 bits per heavy atom. The molecule has 27 heavy (non-hydrogen) atoms. The fraction of sp³-hybridized carbons (Fsp3) is 0.421. The highest BCUT2D eigenvalue weighted by Gasteiger charge is 2.25. The smallest absolute Gasteiger partial charge is 0.227 e. The van der Waals surface area contributed by atoms with Crippen LogP contribution in [0, 0.1) is 5.92 Å². The molecule has 7 nitrogen and oxygen atoms in total. The molecule has 0 radical (unpaired) electrons. The number of nitrogens with one attached hydrogen (secondary N) is 3. The SMILES string of the molecule is CN=C(NCc1cccc(NC(=O)C2CCC2)c1)NCc1ccnn1C.I. The summed E-state index contributed by atoms with van der Waals surface area (Å²) < 4.78 is 1.83. The summed E-state index contributed by atoms with van der Waals surface area (Å²) in [5.74, 6) is 1.04. The van der Waals surface area contributed by atoms with Gasteiger partial charge < -0.3 is 16.0 Å². The minimum atomic E-state index is 0. The molecule has 3 N–H and O–H groups in total. The molecule has 0 atom stereocenters. The van der Waals surface area contributed by atoms with Crippen LogP contribution in [0.2, 0.25) is 0 Å². The Labute approximate surface area is 177 Å². The van der Waals surface area contributed by atoms with Crippen LogP contribution in [0.15, 0.2) is 41.5 Å². The van der Waals surface area contributed by atoms with Gasteiger partial charge in [-0.25, -0.2) is 0 Å². The van der Waals surface area contributed by atoms with E-state index in [1.807, 2.05) is 42.1 Å². The van der Waals surface area contributed by atoms with E-state index in [1.54, 1.807) is 13.2 Å². The third kappa shape index (κ3) is 5.95. The monoisotopic (exact) mass is 482 g/mol. The van der Waals surface area contributed by atoms with Crippen LogP contribution in [0.4, 0.5) is 5.69 Å². The minimum absolute atomic E-state index is 0. The molecule has 1 aliphatic rings. The predicted octanol–water partition coefficient (Wildman–Crippen LogP) is 2.64. The van der Waals surface area contributed by atoms with Crippen LogP contribution in [0.3, 0.4) is 0 Å². The van der Waals surface area contributed by atoms with E-state index in [-0.39, 0.29) is 35.8 Å². The molecule has 0 spiro atoms. The summed E-state index contributed by atoms with van der Waals surface area (Å²) in [6.45, 7) is 1.27. The van der Waals surface area contributed by atoms with E-state index in [9.17, 15) is 4.79 Å². The highest BCUT2D eigenvalue weighted by molar-refractivity contribution is 14.0. The standard InChI is InChI=1S/C19H26N6O.HI/c1-20-19(22-13-17-9-10-23-25(17)2)21-12-14-5-3-8-16(11-14)24-18(26)15-6-4-7-15;/h3,5,8-11,15H,4,6-7,12-13H2,1-2H3,(H,24,26)(H2,20,21,22);1H. The summed E-state index contributed by atoms with van der Waals surface area (Å²) in [6.07, 6.45) is 4.95. The van der Waals surface area contributed by atoms with Crippen molar-refractivity contribution in [2.24, 2.45) is 18.0 Å². The number of aliphatic imine (C=N–C) groups is 1. The summed E-state index contributed by atoms with van der Waals surface area (Å²) in [6, 6.07) is 9.88. The first-order valence-corrected chi connectivity index (χ1v) is 8.97. The van der Waals surface area contributed by atoms with Crippen molar-refractivity contribution in [1.29, 1.82) is 0 Å². The van der Waals surface area contributed by atoms with Gasteiger partial charge in [0.25, 0.3) is 0 Å². The van der Waals surface area contributed by atoms with E-state index in [0.717, 1.165) is 42.2 Å². The number of aryl methyl sites for hydroxylation is 1. The quantitative estimate of drug-likeness (QED) is 0.336. The summed E-state index contributed by atoms with van der Waals surface area (Å²) >= 11 is 0. The predicted molar refractivity (Wildman–Crippen MR) is 118 cm³/mol. The molecular formula is C19H27IN6O. The Hall–Kier alpha value is -2.10. The van der Waals surface area contributed by atoms with E-state index in [0.29, 0.717) is 13.1 Å². The van der Waals surface area contributed by atoms with E-state index >= 15 is 0 Å². The van der Waals surface area contributed by atoms with Crippen molar-refractivity contribution < 1.29 is 4.79 Å². The molecule has 146 valence electrons. The number of amides is 1. The maximum atomic E-state index is 12.1. The first kappa shape index (κ1) is 21.2. The van der Waals surface area contributed by atoms with Crippen molar-refractivity contribution in [3.05, 3.63) is 47.8 Å². The Balaban J connectivity index is 0.00000261. The third-order valence-corrected chi connectivity index (χ3v) is 4.71. The van der Waals surface area contributed by atoms with Gasteiger partial charge in [-0.05, 0) is 36.6 Å². The van der Waals surface area contributed by atoms with Gasteiger partial charge in [-0.15, -0.1) is 24.0 Å². The zero-order valence-electron chi connectivity index (χ0n) is 15.7. The van der Waals surface area contributed by atoms with Gasteiger partial charge in [-0.2, -0.15) is 5.10 Å². The number of aromatic nitrogens is 2. The molecule has 0 unspecified atom stereocenters. The lowest BCUT2D eigenvalue weighted by Crippen LogP contribution is -2.36. The minimum Gasteiger partial charge on any atom is -0.352 e. The number of carbonyl (C=O) groups is 1. The number of nitrogens with zero attached hydrogens (tertiary/aromatic N) is 3. The van der Waals surface area contributed by atoms with E-state index in [1.165, 1.54) is 0 Å². The van der Waals surface area contributed by atoms with Gasteiger partial charge in [0.2, 0.25) is 5.91 Å². The molecular weight excluding hydrogens is 455 g/mol. The van der Waals surface area contributed by atoms with Crippen LogP contribution in [-0.2, 0) is 24.9 Å². The lowest BCUT2D eigenvalue weighted by Gasteiger charge is -2.24. The van der Waals surface area contributed by atoms with Crippen molar-refractivity contribution in [3.63, 3.8) is 0 Å². The normalized spacial score (nSPS) is 14.1. The van der Waals surface area contributed by atoms with Crippen molar-refractivity contribution >= 4 is 41.5 Å². The number of hydrogen-bond donors (Lipinski definition) is 3. The second-order valence-corrected chi connectivity index (χ2v) is 6.54. The van der Waals surface area contributed by atoms with Crippen LogP contribution >= 0.6 is 24.0 Å². The molecule has 1 amide bonds. The molecule has 8 heteroatoms. The maximum Gasteiger partial charge on any atom is 0.227 e. The van der Waals surface area contributed by atoms with Crippen LogP contribution in [-0.4, -0.2) is 28.7 Å². The fourth-order valence-corrected chi connectivity index (χ4v) is 2.83. The zero-order chi connectivity index (χ0) is 18.4. The van der Waals surface area contributed by atoms with Gasteiger partial charge in [-0.1, -0.05) is 18.6 Å². The van der Waals surface area contributed by atoms with Gasteiger partial charge in [0, 0.05) is 38.4 Å². The number of carbonyl (C=O) groups excluding carboxylic acids is 1. The van der Waals surface area contributed by atoms with Crippen LogP contribution in [0.5, 0.6) is 0 Å². The van der Waals surface area contributed by atoms with E-state index in [2.05, 4.69) is 26.0 Å². The number of anilines is 1. The first-order valence-electron chi connectivity index (χ1n) is 8.97. The van der Waals surface area contributed by atoms with Gasteiger partial charge in [0.1, 0.15) is 0 Å². The topological polar surface area (TPSA) is 83.3 Å². The molecule has 0 saturated heterocycles. The second-order valence-electron chi connectivity index (χ2n) is 6.54. The number of guanidine groups is 1. The molecule has 1 aliphatic carbocycles. The summed E-state index contributed by atoms with van der Waals surface area (Å²) in [5.41, 5.74) is 3.01. The summed E-state index contributed by atoms with van der Waals surface area (Å²) in [4.78, 5) is 16.3. The Morgan fingerprint density at radius 3 is 2.67 bits per heavy atom. The Bertz CT molecular complexity index is 784. The zero-order valence-corrected chi connectivity index (χ0v) is 18.1. The van der Waals surface area contributed by atoms with Gasteiger partial charge in [0.15, 0.2) is 5.96 Å². The first-order chi connectivity index (χ1) is 12.7. The average molecular weight is 482 g/mol. The van der Waals surface area contributed by atoms with Crippen LogP contribution in [0.25, 0.3) is 0 Å². The maximum absolute atomic E-state index is 12.1. The number of rotatable bonds is 6. The summed E-state index contributed by atoms with van der Waals surface area (Å²) in [5, 5.41) is 13.7. The largest absolute Gasteiger partial charge is 0.352 e. The third-order valence-electron chi connectivity index (χ3n) is 4.71. The van der Waals surface area contributed by atoms with Crippen LogP contribution in [0.1, 0.15) is 30.5 Å². The lowest BCUT2D eigenvalue weighted by atomic mass is 9.85. The molecule has 1 fully saturated rings. The molecule has 1 saturated carbocycles. The number of halogens is 1. The highest BCUT2D eigenvalue weighted by Crippen LogP contribution is 2.27. The highest BCUT2D eigenvalue weighted by atomic mass is 127. The van der Waals surface area contributed by atoms with Crippen molar-refractivity contribution in [1.82, 2.24) is 20.4 Å². The van der Waals surface area contributed by atoms with E-state index in [4.69, 9.17) is 0 Å². The molecule has 3 rings (SSSR count).